The summed E-state index contributed by atoms with van der Waals surface area (Å²) in [4.78, 5) is 4.97. The van der Waals surface area contributed by atoms with Crippen LogP contribution in [0.15, 0.2) is 90.0 Å². The summed E-state index contributed by atoms with van der Waals surface area (Å²) in [5.74, 6) is 0. The number of para-hydroxylation sites is 1. The number of ether oxygens (including phenoxy) is 1. The van der Waals surface area contributed by atoms with Crippen molar-refractivity contribution in [3.63, 3.8) is 0 Å². The fourth-order valence-electron chi connectivity index (χ4n) is 4.54. The lowest BCUT2D eigenvalue weighted by atomic mass is 9.96. The van der Waals surface area contributed by atoms with Crippen LogP contribution < -0.4 is 5.43 Å². The summed E-state index contributed by atoms with van der Waals surface area (Å²) in [7, 11) is 0. The van der Waals surface area contributed by atoms with Gasteiger partial charge in [0.2, 0.25) is 0 Å². The number of nitrogens with one attached hydrogen (secondary N) is 1. The number of allylic oxidation sites excluding steroid dienone is 1. The summed E-state index contributed by atoms with van der Waals surface area (Å²) in [6.45, 7) is 6.20. The first kappa shape index (κ1) is 27.0. The molecule has 3 aromatic rings. The molecule has 5 rings (SSSR count). The highest BCUT2D eigenvalue weighted by Crippen LogP contribution is 2.30. The largest absolute Gasteiger partial charge is 0.394 e. The minimum Gasteiger partial charge on any atom is -0.394 e. The van der Waals surface area contributed by atoms with Gasteiger partial charge in [0.25, 0.3) is 0 Å². The van der Waals surface area contributed by atoms with E-state index in [2.05, 4.69) is 62.8 Å². The predicted molar refractivity (Wildman–Crippen MR) is 153 cm³/mol. The van der Waals surface area contributed by atoms with Gasteiger partial charge in [0, 0.05) is 44.0 Å². The molecule has 194 valence electrons. The second-order valence-electron chi connectivity index (χ2n) is 8.91. The van der Waals surface area contributed by atoms with E-state index >= 15 is 0 Å². The van der Waals surface area contributed by atoms with E-state index in [0.29, 0.717) is 13.2 Å². The van der Waals surface area contributed by atoms with Gasteiger partial charge in [-0.1, -0.05) is 78.3 Å². The van der Waals surface area contributed by atoms with Crippen LogP contribution in [-0.4, -0.2) is 73.7 Å². The third-order valence-electron chi connectivity index (χ3n) is 6.44. The second kappa shape index (κ2) is 14.7. The molecule has 0 radical (unpaired) electrons. The summed E-state index contributed by atoms with van der Waals surface area (Å²) < 4.78 is 5.39. The van der Waals surface area contributed by atoms with Crippen LogP contribution in [-0.2, 0) is 4.74 Å². The molecule has 0 spiro atoms. The molecule has 2 N–H and O–H groups in total. The normalized spacial score (nSPS) is 16.2. The zero-order chi connectivity index (χ0) is 25.7. The highest BCUT2D eigenvalue weighted by atomic mass is 35.5. The Morgan fingerprint density at radius 1 is 0.865 bits per heavy atom. The number of piperazine rings is 1. The second-order valence-corrected chi connectivity index (χ2v) is 9.35. The van der Waals surface area contributed by atoms with Crippen LogP contribution in [0, 0.1) is 0 Å². The van der Waals surface area contributed by atoms with E-state index in [1.165, 1.54) is 16.7 Å². The number of benzene rings is 3. The fourth-order valence-corrected chi connectivity index (χ4v) is 4.67. The molecular formula is C30H35ClN4O2. The first-order chi connectivity index (χ1) is 18.2. The molecule has 1 saturated heterocycles. The molecule has 1 fully saturated rings. The minimum absolute atomic E-state index is 0.0909. The highest BCUT2D eigenvalue weighted by molar-refractivity contribution is 6.30. The molecule has 0 bridgehead atoms. The van der Waals surface area contributed by atoms with E-state index in [4.69, 9.17) is 21.4 Å². The van der Waals surface area contributed by atoms with Crippen molar-refractivity contribution in [1.82, 2.24) is 9.80 Å². The minimum atomic E-state index is 0.0909. The maximum atomic E-state index is 8.78. The quantitative estimate of drug-likeness (QED) is 0.403. The van der Waals surface area contributed by atoms with Crippen LogP contribution in [0.1, 0.15) is 22.7 Å². The molecule has 1 atom stereocenters. The van der Waals surface area contributed by atoms with Crippen molar-refractivity contribution < 1.29 is 9.84 Å². The first-order valence-electron chi connectivity index (χ1n) is 12.7. The van der Waals surface area contributed by atoms with E-state index in [1.54, 1.807) is 6.21 Å². The molecule has 2 aliphatic heterocycles. The Morgan fingerprint density at radius 2 is 1.57 bits per heavy atom. The molecule has 3 aromatic carbocycles. The molecule has 7 heteroatoms. The lowest BCUT2D eigenvalue weighted by Crippen LogP contribution is -2.48. The number of hydrogen-bond donors (Lipinski definition) is 2. The molecule has 0 saturated carbocycles. The van der Waals surface area contributed by atoms with Gasteiger partial charge in [-0.05, 0) is 41.0 Å². The van der Waals surface area contributed by atoms with Crippen LogP contribution in [0.2, 0.25) is 5.02 Å². The summed E-state index contributed by atoms with van der Waals surface area (Å²) in [5, 5.41) is 13.5. The van der Waals surface area contributed by atoms with Crippen molar-refractivity contribution in [2.45, 2.75) is 6.04 Å². The summed E-state index contributed by atoms with van der Waals surface area (Å²) in [5.41, 5.74) is 7.75. The van der Waals surface area contributed by atoms with Crippen LogP contribution in [0.4, 0.5) is 5.69 Å². The molecule has 37 heavy (non-hydrogen) atoms. The first-order valence-corrected chi connectivity index (χ1v) is 13.1. The molecule has 1 unspecified atom stereocenters. The van der Waals surface area contributed by atoms with Gasteiger partial charge in [0.05, 0.1) is 31.5 Å². The lowest BCUT2D eigenvalue weighted by Gasteiger charge is -2.39. The van der Waals surface area contributed by atoms with Gasteiger partial charge >= 0.3 is 0 Å². The third-order valence-corrected chi connectivity index (χ3v) is 6.69. The van der Waals surface area contributed by atoms with Crippen LogP contribution in [0.25, 0.3) is 6.08 Å². The number of fused-ring (bicyclic) bond motifs is 1. The monoisotopic (exact) mass is 518 g/mol. The topological polar surface area (TPSA) is 60.3 Å². The van der Waals surface area contributed by atoms with Crippen LogP contribution in [0.3, 0.4) is 0 Å². The Hall–Kier alpha value is -3.00. The van der Waals surface area contributed by atoms with E-state index in [1.807, 2.05) is 48.6 Å². The highest BCUT2D eigenvalue weighted by Gasteiger charge is 2.26. The zero-order valence-electron chi connectivity index (χ0n) is 21.0. The number of nitrogens with zero attached hydrogens (tertiary/aromatic N) is 3. The molecule has 0 aliphatic carbocycles. The van der Waals surface area contributed by atoms with Crippen molar-refractivity contribution in [2.75, 3.05) is 58.0 Å². The SMILES string of the molecule is C1=Cc2ccccc2NN=C1.OCCOCCN1CCN(C(c2ccccc2)c2ccc(Cl)cc2)CC1. The number of hydrogen-bond acceptors (Lipinski definition) is 6. The average molecular weight is 519 g/mol. The van der Waals surface area contributed by atoms with Gasteiger partial charge in [-0.3, -0.25) is 15.2 Å². The number of hydrazone groups is 1. The molecule has 2 heterocycles. The fraction of sp³-hybridized carbons (Fsp3) is 0.300. The number of aliphatic hydroxyl groups is 1. The standard InChI is InChI=1S/C21H27ClN2O2.C9H8N2/c22-20-8-6-19(7-9-20)21(18-4-2-1-3-5-18)24-12-10-23(11-13-24)14-16-26-17-15-25;1-2-6-9-8(4-1)5-3-7-10-11-9/h1-9,21,25H,10-17H2;1-7,11H. The van der Waals surface area contributed by atoms with E-state index in [0.717, 1.165) is 43.4 Å². The predicted octanol–water partition coefficient (Wildman–Crippen LogP) is 5.17. The van der Waals surface area contributed by atoms with Crippen molar-refractivity contribution in [3.05, 3.63) is 107 Å². The number of anilines is 1. The Labute approximate surface area is 224 Å². The Morgan fingerprint density at radius 3 is 2.32 bits per heavy atom. The third kappa shape index (κ3) is 8.25. The van der Waals surface area contributed by atoms with Crippen molar-refractivity contribution >= 4 is 29.6 Å². The van der Waals surface area contributed by atoms with Crippen molar-refractivity contribution in [2.24, 2.45) is 5.10 Å². The van der Waals surface area contributed by atoms with E-state index in [9.17, 15) is 0 Å². The van der Waals surface area contributed by atoms with Crippen molar-refractivity contribution in [1.29, 1.82) is 0 Å². The zero-order valence-corrected chi connectivity index (χ0v) is 21.8. The average Bonchev–Trinajstić information content (AvgIpc) is 3.20. The lowest BCUT2D eigenvalue weighted by molar-refractivity contribution is 0.0522. The molecule has 0 aromatic heterocycles. The van der Waals surface area contributed by atoms with Gasteiger partial charge in [-0.25, -0.2) is 0 Å². The molecule has 6 nitrogen and oxygen atoms in total. The maximum absolute atomic E-state index is 8.78. The maximum Gasteiger partial charge on any atom is 0.0698 e. The Balaban J connectivity index is 0.000000241. The number of aliphatic hydroxyl groups excluding tert-OH is 1. The van der Waals surface area contributed by atoms with Gasteiger partial charge in [-0.2, -0.15) is 5.10 Å². The summed E-state index contributed by atoms with van der Waals surface area (Å²) in [6, 6.07) is 27.2. The van der Waals surface area contributed by atoms with Crippen LogP contribution in [0.5, 0.6) is 0 Å². The van der Waals surface area contributed by atoms with Gasteiger partial charge in [-0.15, -0.1) is 0 Å². The number of rotatable bonds is 8. The van der Waals surface area contributed by atoms with Crippen LogP contribution >= 0.6 is 11.6 Å². The van der Waals surface area contributed by atoms with Crippen molar-refractivity contribution in [3.8, 4) is 0 Å². The van der Waals surface area contributed by atoms with Gasteiger partial charge in [0.1, 0.15) is 0 Å². The molecular weight excluding hydrogens is 484 g/mol. The Bertz CT molecular complexity index is 1130. The van der Waals surface area contributed by atoms with E-state index < -0.39 is 0 Å². The van der Waals surface area contributed by atoms with Gasteiger partial charge < -0.3 is 9.84 Å². The van der Waals surface area contributed by atoms with Gasteiger partial charge in [0.15, 0.2) is 0 Å². The van der Waals surface area contributed by atoms with E-state index in [-0.39, 0.29) is 12.6 Å². The summed E-state index contributed by atoms with van der Waals surface area (Å²) >= 11 is 6.09. The summed E-state index contributed by atoms with van der Waals surface area (Å²) in [6.07, 6.45) is 5.68. The number of halogens is 1. The molecule has 0 amide bonds. The molecule has 2 aliphatic rings. The Kier molecular flexibility index (Phi) is 10.7. The smallest absolute Gasteiger partial charge is 0.0698 e.